The zero-order valence-electron chi connectivity index (χ0n) is 13.8. The molecule has 1 aromatic rings. The second kappa shape index (κ2) is 6.67. The normalized spacial score (nSPS) is 24.1. The molecule has 1 amide bonds. The maximum Gasteiger partial charge on any atom is 0.239 e. The average Bonchev–Trinajstić information content (AvgIpc) is 2.86. The van der Waals surface area contributed by atoms with Gasteiger partial charge in [0.2, 0.25) is 5.91 Å². The maximum absolute atomic E-state index is 12.5. The predicted molar refractivity (Wildman–Crippen MR) is 85.8 cm³/mol. The van der Waals surface area contributed by atoms with E-state index in [-0.39, 0.29) is 18.0 Å². The summed E-state index contributed by atoms with van der Waals surface area (Å²) < 4.78 is 5.23. The second-order valence-corrected chi connectivity index (χ2v) is 6.39. The molecule has 0 aliphatic carbocycles. The molecular weight excluding hydrogens is 280 g/mol. The summed E-state index contributed by atoms with van der Waals surface area (Å²) >= 11 is 0. The second-order valence-electron chi connectivity index (χ2n) is 6.39. The van der Waals surface area contributed by atoms with Crippen molar-refractivity contribution in [2.24, 2.45) is 0 Å². The molecule has 5 heteroatoms. The molecule has 0 saturated carbocycles. The fourth-order valence-electron chi connectivity index (χ4n) is 2.86. The molecule has 1 aliphatic rings. The maximum atomic E-state index is 12.5. The highest BCUT2D eigenvalue weighted by atomic mass is 16.5. The zero-order valence-corrected chi connectivity index (χ0v) is 13.8. The van der Waals surface area contributed by atoms with Crippen LogP contribution in [0, 0.1) is 0 Å². The molecule has 2 rings (SSSR count). The van der Waals surface area contributed by atoms with Crippen LogP contribution in [0.5, 0.6) is 5.75 Å². The van der Waals surface area contributed by atoms with E-state index in [1.165, 1.54) is 0 Å². The summed E-state index contributed by atoms with van der Waals surface area (Å²) in [5, 5.41) is 13.3. The van der Waals surface area contributed by atoms with E-state index in [0.29, 0.717) is 19.5 Å². The van der Waals surface area contributed by atoms with E-state index in [1.807, 2.05) is 38.1 Å². The highest BCUT2D eigenvalue weighted by Crippen LogP contribution is 2.22. The minimum Gasteiger partial charge on any atom is -0.497 e. The lowest BCUT2D eigenvalue weighted by atomic mass is 10.1. The van der Waals surface area contributed by atoms with E-state index in [0.717, 1.165) is 11.3 Å². The van der Waals surface area contributed by atoms with Crippen LogP contribution in [0.15, 0.2) is 24.3 Å². The Labute approximate surface area is 132 Å². The average molecular weight is 306 g/mol. The number of aliphatic hydroxyl groups is 1. The molecule has 0 spiro atoms. The molecule has 1 aliphatic heterocycles. The fraction of sp³-hybridized carbons (Fsp3) is 0.588. The molecule has 0 bridgehead atoms. The van der Waals surface area contributed by atoms with Crippen molar-refractivity contribution in [1.29, 1.82) is 0 Å². The molecular formula is C17H26N2O3. The van der Waals surface area contributed by atoms with Crippen molar-refractivity contribution in [2.45, 2.75) is 44.9 Å². The number of rotatable bonds is 5. The van der Waals surface area contributed by atoms with Crippen molar-refractivity contribution in [1.82, 2.24) is 10.2 Å². The van der Waals surface area contributed by atoms with E-state index >= 15 is 0 Å². The van der Waals surface area contributed by atoms with Gasteiger partial charge in [0.05, 0.1) is 18.8 Å². The minimum absolute atomic E-state index is 0.0347. The first-order valence-corrected chi connectivity index (χ1v) is 7.73. The number of nitrogens with one attached hydrogen (secondary N) is 1. The van der Waals surface area contributed by atoms with Gasteiger partial charge in [0.1, 0.15) is 5.75 Å². The van der Waals surface area contributed by atoms with E-state index in [4.69, 9.17) is 4.74 Å². The summed E-state index contributed by atoms with van der Waals surface area (Å²) in [6.45, 7) is 6.69. The molecule has 1 saturated heterocycles. The lowest BCUT2D eigenvalue weighted by Gasteiger charge is -2.25. The van der Waals surface area contributed by atoms with Gasteiger partial charge in [0.25, 0.3) is 0 Å². The molecule has 3 atom stereocenters. The van der Waals surface area contributed by atoms with Crippen LogP contribution in [0.2, 0.25) is 0 Å². The predicted octanol–water partition coefficient (Wildman–Crippen LogP) is 1.72. The third-order valence-corrected chi connectivity index (χ3v) is 4.23. The van der Waals surface area contributed by atoms with Crippen molar-refractivity contribution in [3.05, 3.63) is 29.8 Å². The standard InChI is InChI=1S/C17H26N2O3/c1-12(14-6-5-7-15(10-14)22-4)18-13(2)16(20)19-9-8-17(3,21)11-19/h5-7,10,12-13,18,21H,8-9,11H2,1-4H3/t12-,13-,17-/m0/s1. The van der Waals surface area contributed by atoms with Crippen molar-refractivity contribution < 1.29 is 14.6 Å². The summed E-state index contributed by atoms with van der Waals surface area (Å²) in [5.74, 6) is 0.841. The number of hydrogen-bond donors (Lipinski definition) is 2. The summed E-state index contributed by atoms with van der Waals surface area (Å²) in [6.07, 6.45) is 0.636. The lowest BCUT2D eigenvalue weighted by Crippen LogP contribution is -2.45. The Morgan fingerprint density at radius 3 is 2.77 bits per heavy atom. The van der Waals surface area contributed by atoms with E-state index in [9.17, 15) is 9.90 Å². The molecule has 1 fully saturated rings. The number of nitrogens with zero attached hydrogens (tertiary/aromatic N) is 1. The first-order chi connectivity index (χ1) is 10.3. The highest BCUT2D eigenvalue weighted by molar-refractivity contribution is 5.82. The molecule has 0 aromatic heterocycles. The number of methoxy groups -OCH3 is 1. The number of β-amino-alcohol motifs (C(OH)–C–C–N with tert-alkyl or cyclic N) is 1. The van der Waals surface area contributed by atoms with Gasteiger partial charge in [-0.1, -0.05) is 12.1 Å². The van der Waals surface area contributed by atoms with Crippen LogP contribution in [0.25, 0.3) is 0 Å². The van der Waals surface area contributed by atoms with E-state index < -0.39 is 5.60 Å². The lowest BCUT2D eigenvalue weighted by molar-refractivity contribution is -0.133. The quantitative estimate of drug-likeness (QED) is 0.869. The summed E-state index contributed by atoms with van der Waals surface area (Å²) in [5.41, 5.74) is 0.320. The number of benzene rings is 1. The third kappa shape index (κ3) is 3.99. The Hall–Kier alpha value is -1.59. The first kappa shape index (κ1) is 16.8. The number of ether oxygens (including phenoxy) is 1. The molecule has 0 radical (unpaired) electrons. The number of hydrogen-bond acceptors (Lipinski definition) is 4. The van der Waals surface area contributed by atoms with Crippen molar-refractivity contribution >= 4 is 5.91 Å². The molecule has 122 valence electrons. The van der Waals surface area contributed by atoms with Crippen molar-refractivity contribution in [3.63, 3.8) is 0 Å². The van der Waals surface area contributed by atoms with Gasteiger partial charge in [0.15, 0.2) is 0 Å². The fourth-order valence-corrected chi connectivity index (χ4v) is 2.86. The zero-order chi connectivity index (χ0) is 16.3. The summed E-state index contributed by atoms with van der Waals surface area (Å²) in [4.78, 5) is 14.2. The SMILES string of the molecule is COc1cccc([C@H](C)N[C@@H](C)C(=O)N2CC[C@](C)(O)C2)c1. The smallest absolute Gasteiger partial charge is 0.239 e. The Kier molecular flexibility index (Phi) is 5.08. The summed E-state index contributed by atoms with van der Waals surface area (Å²) in [6, 6.07) is 7.56. The first-order valence-electron chi connectivity index (χ1n) is 7.73. The van der Waals surface area contributed by atoms with Gasteiger partial charge < -0.3 is 14.7 Å². The van der Waals surface area contributed by atoms with E-state index in [2.05, 4.69) is 5.32 Å². The third-order valence-electron chi connectivity index (χ3n) is 4.23. The Balaban J connectivity index is 1.96. The monoisotopic (exact) mass is 306 g/mol. The van der Waals surface area contributed by atoms with Crippen LogP contribution in [-0.2, 0) is 4.79 Å². The number of carbonyl (C=O) groups excluding carboxylic acids is 1. The summed E-state index contributed by atoms with van der Waals surface area (Å²) in [7, 11) is 1.64. The number of carbonyl (C=O) groups is 1. The van der Waals surface area contributed by atoms with Gasteiger partial charge in [-0.05, 0) is 44.9 Å². The molecule has 1 aromatic carbocycles. The molecule has 5 nitrogen and oxygen atoms in total. The Morgan fingerprint density at radius 2 is 2.18 bits per heavy atom. The largest absolute Gasteiger partial charge is 0.497 e. The topological polar surface area (TPSA) is 61.8 Å². The van der Waals surface area contributed by atoms with Gasteiger partial charge in [-0.3, -0.25) is 10.1 Å². The van der Waals surface area contributed by atoms with Crippen LogP contribution in [0.3, 0.4) is 0 Å². The molecule has 2 N–H and O–H groups in total. The van der Waals surface area contributed by atoms with Gasteiger partial charge in [0, 0.05) is 19.1 Å². The van der Waals surface area contributed by atoms with Crippen molar-refractivity contribution in [3.8, 4) is 5.75 Å². The van der Waals surface area contributed by atoms with Gasteiger partial charge in [-0.15, -0.1) is 0 Å². The number of likely N-dealkylation sites (tertiary alicyclic amines) is 1. The molecule has 0 unspecified atom stereocenters. The van der Waals surface area contributed by atoms with Gasteiger partial charge >= 0.3 is 0 Å². The van der Waals surface area contributed by atoms with Crippen molar-refractivity contribution in [2.75, 3.05) is 20.2 Å². The van der Waals surface area contributed by atoms with Crippen LogP contribution >= 0.6 is 0 Å². The Morgan fingerprint density at radius 1 is 1.45 bits per heavy atom. The van der Waals surface area contributed by atoms with Gasteiger partial charge in [-0.25, -0.2) is 0 Å². The molecule has 1 heterocycles. The molecule has 22 heavy (non-hydrogen) atoms. The highest BCUT2D eigenvalue weighted by Gasteiger charge is 2.35. The Bertz CT molecular complexity index is 530. The number of amides is 1. The van der Waals surface area contributed by atoms with Gasteiger partial charge in [-0.2, -0.15) is 0 Å². The minimum atomic E-state index is -0.756. The van der Waals surface area contributed by atoms with Crippen LogP contribution in [0.1, 0.15) is 38.8 Å². The van der Waals surface area contributed by atoms with E-state index in [1.54, 1.807) is 18.9 Å². The van der Waals surface area contributed by atoms with Crippen LogP contribution in [0.4, 0.5) is 0 Å². The van der Waals surface area contributed by atoms with Crippen LogP contribution in [-0.4, -0.2) is 47.8 Å². The van der Waals surface area contributed by atoms with Crippen LogP contribution < -0.4 is 10.1 Å².